The quantitative estimate of drug-likeness (QED) is 0.608. The van der Waals surface area contributed by atoms with Crippen molar-refractivity contribution < 1.29 is 9.53 Å². The van der Waals surface area contributed by atoms with Crippen LogP contribution >= 0.6 is 0 Å². The van der Waals surface area contributed by atoms with Crippen LogP contribution in [0.4, 0.5) is 5.69 Å². The summed E-state index contributed by atoms with van der Waals surface area (Å²) in [5.41, 5.74) is 2.89. The van der Waals surface area contributed by atoms with Gasteiger partial charge < -0.3 is 10.1 Å². The van der Waals surface area contributed by atoms with Crippen LogP contribution in [-0.2, 0) is 9.53 Å². The lowest BCUT2D eigenvalue weighted by Gasteiger charge is -2.08. The number of carbonyl (C=O) groups excluding carboxylic acids is 1. The fourth-order valence-corrected chi connectivity index (χ4v) is 1.20. The molecule has 80 valence electrons. The third kappa shape index (κ3) is 3.46. The van der Waals surface area contributed by atoms with E-state index in [0.717, 1.165) is 16.9 Å². The molecule has 0 aliphatic rings. The second-order valence-electron chi connectivity index (χ2n) is 3.29. The summed E-state index contributed by atoms with van der Waals surface area (Å²) in [6.45, 7) is 3.83. The molecule has 0 aromatic heterocycles. The fraction of sp³-hybridized carbons (Fsp3) is 0.250. The van der Waals surface area contributed by atoms with Gasteiger partial charge in [-0.05, 0) is 25.5 Å². The SMILES string of the molecule is COC(=O)/C=C(\C)Nc1ccccc1C. The molecule has 0 aliphatic carbocycles. The minimum absolute atomic E-state index is 0.353. The van der Waals surface area contributed by atoms with Crippen LogP contribution in [0.25, 0.3) is 0 Å². The first-order valence-electron chi connectivity index (χ1n) is 4.72. The van der Waals surface area contributed by atoms with Crippen molar-refractivity contribution >= 4 is 11.7 Å². The van der Waals surface area contributed by atoms with Crippen molar-refractivity contribution in [2.75, 3.05) is 12.4 Å². The highest BCUT2D eigenvalue weighted by molar-refractivity contribution is 5.83. The second kappa shape index (κ2) is 5.20. The van der Waals surface area contributed by atoms with E-state index < -0.39 is 0 Å². The number of hydrogen-bond donors (Lipinski definition) is 1. The maximum absolute atomic E-state index is 11.0. The Bertz CT molecular complexity index is 383. The summed E-state index contributed by atoms with van der Waals surface area (Å²) in [5, 5.41) is 3.14. The Kier molecular flexibility index (Phi) is 3.92. The number of benzene rings is 1. The molecule has 0 saturated heterocycles. The third-order valence-corrected chi connectivity index (χ3v) is 2.01. The van der Waals surface area contributed by atoms with Crippen LogP contribution < -0.4 is 5.32 Å². The number of ether oxygens (including phenoxy) is 1. The fourth-order valence-electron chi connectivity index (χ4n) is 1.20. The molecule has 0 fully saturated rings. The molecule has 1 aromatic carbocycles. The molecular weight excluding hydrogens is 190 g/mol. The van der Waals surface area contributed by atoms with E-state index in [4.69, 9.17) is 0 Å². The van der Waals surface area contributed by atoms with Crippen LogP contribution in [0.5, 0.6) is 0 Å². The molecule has 0 unspecified atom stereocenters. The van der Waals surface area contributed by atoms with Crippen molar-refractivity contribution in [3.05, 3.63) is 41.6 Å². The van der Waals surface area contributed by atoms with E-state index in [0.29, 0.717) is 0 Å². The van der Waals surface area contributed by atoms with Gasteiger partial charge in [0.2, 0.25) is 0 Å². The normalized spacial score (nSPS) is 11.0. The van der Waals surface area contributed by atoms with Crippen molar-refractivity contribution in [2.24, 2.45) is 0 Å². The summed E-state index contributed by atoms with van der Waals surface area (Å²) in [6.07, 6.45) is 1.42. The number of allylic oxidation sites excluding steroid dienone is 1. The van der Waals surface area contributed by atoms with Crippen molar-refractivity contribution in [1.29, 1.82) is 0 Å². The van der Waals surface area contributed by atoms with E-state index in [1.807, 2.05) is 38.1 Å². The topological polar surface area (TPSA) is 38.3 Å². The Morgan fingerprint density at radius 3 is 2.67 bits per heavy atom. The van der Waals surface area contributed by atoms with Crippen molar-refractivity contribution in [2.45, 2.75) is 13.8 Å². The van der Waals surface area contributed by atoms with Gasteiger partial charge in [0.15, 0.2) is 0 Å². The summed E-state index contributed by atoms with van der Waals surface area (Å²) in [6, 6.07) is 7.89. The highest BCUT2D eigenvalue weighted by atomic mass is 16.5. The third-order valence-electron chi connectivity index (χ3n) is 2.01. The van der Waals surface area contributed by atoms with Crippen LogP contribution in [0, 0.1) is 6.92 Å². The Balaban J connectivity index is 2.74. The smallest absolute Gasteiger partial charge is 0.332 e. The highest BCUT2D eigenvalue weighted by Crippen LogP contribution is 2.15. The standard InChI is InChI=1S/C12H15NO2/c1-9-6-4-5-7-11(9)13-10(2)8-12(14)15-3/h4-8,13H,1-3H3/b10-8+. The van der Waals surface area contributed by atoms with Gasteiger partial charge in [-0.3, -0.25) is 0 Å². The number of hydrogen-bond acceptors (Lipinski definition) is 3. The lowest BCUT2D eigenvalue weighted by molar-refractivity contribution is -0.134. The van der Waals surface area contributed by atoms with Gasteiger partial charge >= 0.3 is 5.97 Å². The number of esters is 1. The lowest BCUT2D eigenvalue weighted by atomic mass is 10.2. The lowest BCUT2D eigenvalue weighted by Crippen LogP contribution is -2.02. The highest BCUT2D eigenvalue weighted by Gasteiger charge is 1.99. The predicted octanol–water partition coefficient (Wildman–Crippen LogP) is 2.48. The molecule has 0 atom stereocenters. The molecule has 0 radical (unpaired) electrons. The van der Waals surface area contributed by atoms with Gasteiger partial charge in [-0.25, -0.2) is 4.79 Å². The maximum Gasteiger partial charge on any atom is 0.332 e. The van der Waals surface area contributed by atoms with Gasteiger partial charge in [0, 0.05) is 17.5 Å². The number of methoxy groups -OCH3 is 1. The molecule has 0 amide bonds. The first-order chi connectivity index (χ1) is 7.13. The van der Waals surface area contributed by atoms with E-state index in [2.05, 4.69) is 10.1 Å². The first-order valence-corrected chi connectivity index (χ1v) is 4.72. The summed E-state index contributed by atoms with van der Waals surface area (Å²) >= 11 is 0. The summed E-state index contributed by atoms with van der Waals surface area (Å²) in [5.74, 6) is -0.353. The Hall–Kier alpha value is -1.77. The molecule has 0 bridgehead atoms. The molecule has 0 spiro atoms. The molecule has 1 rings (SSSR count). The first kappa shape index (κ1) is 11.3. The average Bonchev–Trinajstić information content (AvgIpc) is 2.21. The number of anilines is 1. The molecule has 0 saturated carbocycles. The Morgan fingerprint density at radius 1 is 1.40 bits per heavy atom. The average molecular weight is 205 g/mol. The second-order valence-corrected chi connectivity index (χ2v) is 3.29. The van der Waals surface area contributed by atoms with Crippen LogP contribution in [0.3, 0.4) is 0 Å². The monoisotopic (exact) mass is 205 g/mol. The largest absolute Gasteiger partial charge is 0.466 e. The van der Waals surface area contributed by atoms with Crippen LogP contribution in [0.15, 0.2) is 36.0 Å². The van der Waals surface area contributed by atoms with Crippen molar-refractivity contribution in [3.8, 4) is 0 Å². The molecular formula is C12H15NO2. The minimum atomic E-state index is -0.353. The minimum Gasteiger partial charge on any atom is -0.466 e. The van der Waals surface area contributed by atoms with E-state index in [1.54, 1.807) is 0 Å². The van der Waals surface area contributed by atoms with Gasteiger partial charge in [-0.15, -0.1) is 0 Å². The number of aryl methyl sites for hydroxylation is 1. The number of rotatable bonds is 3. The molecule has 3 nitrogen and oxygen atoms in total. The number of para-hydroxylation sites is 1. The maximum atomic E-state index is 11.0. The molecule has 3 heteroatoms. The van der Waals surface area contributed by atoms with E-state index in [-0.39, 0.29) is 5.97 Å². The van der Waals surface area contributed by atoms with Crippen molar-refractivity contribution in [3.63, 3.8) is 0 Å². The van der Waals surface area contributed by atoms with Gasteiger partial charge in [-0.1, -0.05) is 18.2 Å². The summed E-state index contributed by atoms with van der Waals surface area (Å²) < 4.78 is 4.53. The Labute approximate surface area is 89.8 Å². The van der Waals surface area contributed by atoms with Gasteiger partial charge in [0.25, 0.3) is 0 Å². The molecule has 0 heterocycles. The molecule has 1 aromatic rings. The van der Waals surface area contributed by atoms with E-state index >= 15 is 0 Å². The summed E-state index contributed by atoms with van der Waals surface area (Å²) in [4.78, 5) is 11.0. The van der Waals surface area contributed by atoms with E-state index in [1.165, 1.54) is 13.2 Å². The molecule has 1 N–H and O–H groups in total. The zero-order chi connectivity index (χ0) is 11.3. The van der Waals surface area contributed by atoms with Crippen LogP contribution in [0.1, 0.15) is 12.5 Å². The molecule has 0 aliphatic heterocycles. The zero-order valence-corrected chi connectivity index (χ0v) is 9.20. The zero-order valence-electron chi connectivity index (χ0n) is 9.20. The summed E-state index contributed by atoms with van der Waals surface area (Å²) in [7, 11) is 1.36. The van der Waals surface area contributed by atoms with Crippen LogP contribution in [0.2, 0.25) is 0 Å². The van der Waals surface area contributed by atoms with Crippen LogP contribution in [-0.4, -0.2) is 13.1 Å². The number of nitrogens with one attached hydrogen (secondary N) is 1. The predicted molar refractivity (Wildman–Crippen MR) is 60.6 cm³/mol. The van der Waals surface area contributed by atoms with Crippen molar-refractivity contribution in [1.82, 2.24) is 0 Å². The van der Waals surface area contributed by atoms with Gasteiger partial charge in [0.05, 0.1) is 7.11 Å². The number of carbonyl (C=O) groups is 1. The van der Waals surface area contributed by atoms with Gasteiger partial charge in [0.1, 0.15) is 0 Å². The van der Waals surface area contributed by atoms with Gasteiger partial charge in [-0.2, -0.15) is 0 Å². The Morgan fingerprint density at radius 2 is 2.07 bits per heavy atom. The molecule has 15 heavy (non-hydrogen) atoms. The van der Waals surface area contributed by atoms with E-state index in [9.17, 15) is 4.79 Å².